The first-order chi connectivity index (χ1) is 9.56. The molecule has 0 radical (unpaired) electrons. The van der Waals surface area contributed by atoms with E-state index in [-0.39, 0.29) is 5.91 Å². The van der Waals surface area contributed by atoms with E-state index >= 15 is 0 Å². The van der Waals surface area contributed by atoms with E-state index in [2.05, 4.69) is 31.0 Å². The van der Waals surface area contributed by atoms with E-state index < -0.39 is 0 Å². The predicted octanol–water partition coefficient (Wildman–Crippen LogP) is 3.11. The number of nitrogens with one attached hydrogen (secondary N) is 1. The summed E-state index contributed by atoms with van der Waals surface area (Å²) >= 11 is 0. The second kappa shape index (κ2) is 8.59. The average Bonchev–Trinajstić information content (AvgIpc) is 2.45. The van der Waals surface area contributed by atoms with Crippen LogP contribution in [0.1, 0.15) is 40.0 Å². The van der Waals surface area contributed by atoms with Gasteiger partial charge in [-0.2, -0.15) is 0 Å². The van der Waals surface area contributed by atoms with Crippen molar-refractivity contribution in [3.8, 4) is 0 Å². The highest BCUT2D eigenvalue weighted by Gasteiger charge is 2.10. The summed E-state index contributed by atoms with van der Waals surface area (Å²) in [5, 5.41) is 2.89. The molecule has 0 aliphatic rings. The fraction of sp³-hybridized carbons (Fsp3) is 0.562. The minimum Gasteiger partial charge on any atom is -0.399 e. The van der Waals surface area contributed by atoms with E-state index in [0.717, 1.165) is 31.6 Å². The van der Waals surface area contributed by atoms with Crippen LogP contribution in [0.5, 0.6) is 0 Å². The van der Waals surface area contributed by atoms with Gasteiger partial charge in [-0.1, -0.05) is 13.8 Å². The minimum absolute atomic E-state index is 0.0648. The first kappa shape index (κ1) is 16.5. The maximum Gasteiger partial charge on any atom is 0.224 e. The Morgan fingerprint density at radius 2 is 1.95 bits per heavy atom. The predicted molar refractivity (Wildman–Crippen MR) is 85.7 cm³/mol. The van der Waals surface area contributed by atoms with Crippen molar-refractivity contribution in [1.82, 2.24) is 4.90 Å². The summed E-state index contributed by atoms with van der Waals surface area (Å²) < 4.78 is 0. The molecule has 4 heteroatoms. The van der Waals surface area contributed by atoms with E-state index in [1.54, 1.807) is 12.1 Å². The third-order valence-corrected chi connectivity index (χ3v) is 3.66. The Morgan fingerprint density at radius 3 is 2.50 bits per heavy atom. The minimum atomic E-state index is 0.0648. The van der Waals surface area contributed by atoms with Crippen LogP contribution in [-0.4, -0.2) is 29.9 Å². The van der Waals surface area contributed by atoms with Crippen molar-refractivity contribution in [2.75, 3.05) is 24.1 Å². The Balaban J connectivity index is 2.31. The number of carbonyl (C=O) groups excluding carboxylic acids is 1. The van der Waals surface area contributed by atoms with Crippen LogP contribution in [-0.2, 0) is 4.79 Å². The molecule has 0 fully saturated rings. The normalized spacial score (nSPS) is 12.4. The van der Waals surface area contributed by atoms with E-state index in [0.29, 0.717) is 18.2 Å². The number of anilines is 2. The van der Waals surface area contributed by atoms with Gasteiger partial charge in [0.2, 0.25) is 5.91 Å². The molecule has 0 spiro atoms. The van der Waals surface area contributed by atoms with Crippen LogP contribution >= 0.6 is 0 Å². The number of nitrogen functional groups attached to an aromatic ring is 1. The molecule has 0 aromatic heterocycles. The number of hydrogen-bond acceptors (Lipinski definition) is 3. The van der Waals surface area contributed by atoms with Crippen LogP contribution in [0.4, 0.5) is 11.4 Å². The summed E-state index contributed by atoms with van der Waals surface area (Å²) in [7, 11) is 0. The Labute approximate surface area is 122 Å². The summed E-state index contributed by atoms with van der Waals surface area (Å²) in [5.41, 5.74) is 7.12. The van der Waals surface area contributed by atoms with Gasteiger partial charge < -0.3 is 16.0 Å². The smallest absolute Gasteiger partial charge is 0.224 e. The maximum atomic E-state index is 11.8. The highest BCUT2D eigenvalue weighted by Crippen LogP contribution is 2.11. The van der Waals surface area contributed by atoms with Gasteiger partial charge in [0.15, 0.2) is 0 Å². The largest absolute Gasteiger partial charge is 0.399 e. The molecule has 0 aliphatic carbocycles. The molecule has 3 N–H and O–H groups in total. The van der Waals surface area contributed by atoms with E-state index in [4.69, 9.17) is 5.73 Å². The molecule has 0 aliphatic heterocycles. The summed E-state index contributed by atoms with van der Waals surface area (Å²) in [6.07, 6.45) is 2.59. The molecule has 1 atom stereocenters. The van der Waals surface area contributed by atoms with Crippen LogP contribution in [0.25, 0.3) is 0 Å². The first-order valence-electron chi connectivity index (χ1n) is 7.46. The Morgan fingerprint density at radius 1 is 1.30 bits per heavy atom. The first-order valence-corrected chi connectivity index (χ1v) is 7.46. The third kappa shape index (κ3) is 5.61. The second-order valence-corrected chi connectivity index (χ2v) is 5.16. The van der Waals surface area contributed by atoms with E-state index in [1.165, 1.54) is 0 Å². The zero-order valence-corrected chi connectivity index (χ0v) is 12.9. The second-order valence-electron chi connectivity index (χ2n) is 5.16. The van der Waals surface area contributed by atoms with Gasteiger partial charge in [-0.25, -0.2) is 0 Å². The zero-order valence-electron chi connectivity index (χ0n) is 12.9. The summed E-state index contributed by atoms with van der Waals surface area (Å²) in [6, 6.07) is 7.81. The van der Waals surface area contributed by atoms with Crippen molar-refractivity contribution in [2.45, 2.75) is 46.1 Å². The van der Waals surface area contributed by atoms with E-state index in [9.17, 15) is 4.79 Å². The van der Waals surface area contributed by atoms with Crippen LogP contribution in [0, 0.1) is 0 Å². The van der Waals surface area contributed by atoms with Crippen LogP contribution in [0.2, 0.25) is 0 Å². The third-order valence-electron chi connectivity index (χ3n) is 3.66. The monoisotopic (exact) mass is 277 g/mol. The van der Waals surface area contributed by atoms with Crippen molar-refractivity contribution >= 4 is 17.3 Å². The maximum absolute atomic E-state index is 11.8. The number of nitrogens with zero attached hydrogens (tertiary/aromatic N) is 1. The molecule has 0 saturated carbocycles. The number of nitrogens with two attached hydrogens (primary N) is 1. The Hall–Kier alpha value is -1.55. The SMILES string of the molecule is CCC(C)N(CC)CCCC(=O)Nc1ccc(N)cc1. The highest BCUT2D eigenvalue weighted by molar-refractivity contribution is 5.90. The van der Waals surface area contributed by atoms with Crippen LogP contribution in [0.3, 0.4) is 0 Å². The lowest BCUT2D eigenvalue weighted by Crippen LogP contribution is -2.33. The standard InChI is InChI=1S/C16H27N3O/c1-4-13(3)19(5-2)12-6-7-16(20)18-15-10-8-14(17)9-11-15/h8-11,13H,4-7,12,17H2,1-3H3,(H,18,20). The van der Waals surface area contributed by atoms with E-state index in [1.807, 2.05) is 12.1 Å². The van der Waals surface area contributed by atoms with Gasteiger partial charge in [0.1, 0.15) is 0 Å². The quantitative estimate of drug-likeness (QED) is 0.718. The molecule has 0 bridgehead atoms. The molecule has 1 aromatic carbocycles. The lowest BCUT2D eigenvalue weighted by atomic mass is 10.2. The van der Waals surface area contributed by atoms with Gasteiger partial charge in [0.25, 0.3) is 0 Å². The Bertz CT molecular complexity index is 403. The number of rotatable bonds is 8. The van der Waals surface area contributed by atoms with Crippen LogP contribution in [0.15, 0.2) is 24.3 Å². The molecule has 1 rings (SSSR count). The molecule has 20 heavy (non-hydrogen) atoms. The zero-order chi connectivity index (χ0) is 15.0. The Kier molecular flexibility index (Phi) is 7.09. The van der Waals surface area contributed by atoms with Crippen LogP contribution < -0.4 is 11.1 Å². The molecule has 112 valence electrons. The lowest BCUT2D eigenvalue weighted by molar-refractivity contribution is -0.116. The molecule has 1 aromatic rings. The van der Waals surface area contributed by atoms with Gasteiger partial charge >= 0.3 is 0 Å². The number of hydrogen-bond donors (Lipinski definition) is 2. The van der Waals surface area contributed by atoms with Gasteiger partial charge in [0.05, 0.1) is 0 Å². The van der Waals surface area contributed by atoms with Crippen molar-refractivity contribution in [1.29, 1.82) is 0 Å². The van der Waals surface area contributed by atoms with Gasteiger partial charge in [0, 0.05) is 23.8 Å². The van der Waals surface area contributed by atoms with Gasteiger partial charge in [-0.15, -0.1) is 0 Å². The molecular weight excluding hydrogens is 250 g/mol. The van der Waals surface area contributed by atoms with Crippen molar-refractivity contribution in [2.24, 2.45) is 0 Å². The molecule has 0 heterocycles. The summed E-state index contributed by atoms with van der Waals surface area (Å²) in [6.45, 7) is 8.61. The topological polar surface area (TPSA) is 58.4 Å². The summed E-state index contributed by atoms with van der Waals surface area (Å²) in [5.74, 6) is 0.0648. The molecular formula is C16H27N3O. The average molecular weight is 277 g/mol. The fourth-order valence-corrected chi connectivity index (χ4v) is 2.18. The number of benzene rings is 1. The molecule has 1 amide bonds. The van der Waals surface area contributed by atoms with Crippen molar-refractivity contribution < 1.29 is 4.79 Å². The van der Waals surface area contributed by atoms with Crippen molar-refractivity contribution in [3.05, 3.63) is 24.3 Å². The number of amides is 1. The fourth-order valence-electron chi connectivity index (χ4n) is 2.18. The lowest BCUT2D eigenvalue weighted by Gasteiger charge is -2.26. The van der Waals surface area contributed by atoms with Gasteiger partial charge in [-0.3, -0.25) is 4.79 Å². The van der Waals surface area contributed by atoms with Gasteiger partial charge in [-0.05, 0) is 57.1 Å². The molecule has 1 unspecified atom stereocenters. The summed E-state index contributed by atoms with van der Waals surface area (Å²) in [4.78, 5) is 14.3. The highest BCUT2D eigenvalue weighted by atomic mass is 16.1. The molecule has 0 saturated heterocycles. The van der Waals surface area contributed by atoms with Crippen molar-refractivity contribution in [3.63, 3.8) is 0 Å². The number of carbonyl (C=O) groups is 1. The molecule has 4 nitrogen and oxygen atoms in total.